The summed E-state index contributed by atoms with van der Waals surface area (Å²) in [5, 5.41) is 15.3. The van der Waals surface area contributed by atoms with Gasteiger partial charge in [0, 0.05) is 17.5 Å². The predicted octanol–water partition coefficient (Wildman–Crippen LogP) is 7.05. The Morgan fingerprint density at radius 3 is 2.27 bits per heavy atom. The highest BCUT2D eigenvalue weighted by atomic mass is 31.2. The van der Waals surface area contributed by atoms with Gasteiger partial charge in [-0.15, -0.1) is 0 Å². The second-order valence-corrected chi connectivity index (χ2v) is 10.5. The Bertz CT molecular complexity index is 1240. The molecule has 0 radical (unpaired) electrons. The first-order chi connectivity index (χ1) is 17.7. The van der Waals surface area contributed by atoms with Gasteiger partial charge in [-0.25, -0.2) is 4.57 Å². The van der Waals surface area contributed by atoms with Gasteiger partial charge in [0.15, 0.2) is 0 Å². The number of carbonyl (C=O) groups excluding carboxylic acids is 1. The number of carbonyl (C=O) groups is 1. The number of nitro benzene ring substituents is 1. The number of nitrogens with zero attached hydrogens (tertiary/aromatic N) is 1. The number of ether oxygens (including phenoxy) is 1. The molecule has 0 saturated carbocycles. The first kappa shape index (κ1) is 28.2. The van der Waals surface area contributed by atoms with Crippen molar-refractivity contribution >= 4 is 30.2 Å². The minimum absolute atomic E-state index is 0.0770. The fourth-order valence-electron chi connectivity index (χ4n) is 3.99. The van der Waals surface area contributed by atoms with E-state index in [1.807, 2.05) is 30.3 Å². The Labute approximate surface area is 216 Å². The van der Waals surface area contributed by atoms with E-state index in [1.54, 1.807) is 12.1 Å². The molecule has 3 aromatic carbocycles. The van der Waals surface area contributed by atoms with Crippen LogP contribution in [0, 0.1) is 16.0 Å². The molecule has 0 spiro atoms. The van der Waals surface area contributed by atoms with Crippen LogP contribution in [0.25, 0.3) is 10.8 Å². The summed E-state index contributed by atoms with van der Waals surface area (Å²) in [6.07, 6.45) is 3.89. The van der Waals surface area contributed by atoms with Crippen LogP contribution in [0.2, 0.25) is 0 Å². The molecule has 0 fully saturated rings. The van der Waals surface area contributed by atoms with Gasteiger partial charge in [-0.3, -0.25) is 14.9 Å². The van der Waals surface area contributed by atoms with Gasteiger partial charge in [-0.05, 0) is 49.3 Å². The first-order valence-electron chi connectivity index (χ1n) is 12.4. The first-order valence-corrected chi connectivity index (χ1v) is 13.9. The SMILES string of the molecule is CCCC(CCC)COC(=O)[C@H](C)NP(=O)(Oc1ccc([N+](=O)[O-])cc1)Oc1cccc2ccccc12. The molecule has 0 amide bonds. The van der Waals surface area contributed by atoms with Crippen molar-refractivity contribution in [3.63, 3.8) is 0 Å². The lowest BCUT2D eigenvalue weighted by atomic mass is 9.99. The minimum Gasteiger partial charge on any atom is -0.464 e. The highest BCUT2D eigenvalue weighted by molar-refractivity contribution is 7.52. The third-order valence-corrected chi connectivity index (χ3v) is 7.39. The van der Waals surface area contributed by atoms with Crippen LogP contribution >= 0.6 is 7.75 Å². The summed E-state index contributed by atoms with van der Waals surface area (Å²) in [6, 6.07) is 16.8. The van der Waals surface area contributed by atoms with E-state index in [9.17, 15) is 19.5 Å². The van der Waals surface area contributed by atoms with Crippen LogP contribution in [0.5, 0.6) is 11.5 Å². The third kappa shape index (κ3) is 8.03. The maximum atomic E-state index is 14.0. The Morgan fingerprint density at radius 2 is 1.62 bits per heavy atom. The van der Waals surface area contributed by atoms with Crippen LogP contribution in [0.1, 0.15) is 46.5 Å². The van der Waals surface area contributed by atoms with E-state index in [-0.39, 0.29) is 24.0 Å². The van der Waals surface area contributed by atoms with E-state index >= 15 is 0 Å². The summed E-state index contributed by atoms with van der Waals surface area (Å²) in [5.41, 5.74) is -0.143. The molecule has 1 unspecified atom stereocenters. The van der Waals surface area contributed by atoms with Gasteiger partial charge in [-0.1, -0.05) is 63.1 Å². The van der Waals surface area contributed by atoms with Crippen LogP contribution in [0.3, 0.4) is 0 Å². The van der Waals surface area contributed by atoms with Gasteiger partial charge in [-0.2, -0.15) is 5.09 Å². The van der Waals surface area contributed by atoms with Gasteiger partial charge < -0.3 is 13.8 Å². The molecule has 2 atom stereocenters. The van der Waals surface area contributed by atoms with E-state index in [4.69, 9.17) is 13.8 Å². The van der Waals surface area contributed by atoms with Gasteiger partial charge in [0.25, 0.3) is 5.69 Å². The highest BCUT2D eigenvalue weighted by Crippen LogP contribution is 2.47. The van der Waals surface area contributed by atoms with E-state index < -0.39 is 24.7 Å². The maximum Gasteiger partial charge on any atom is 0.513 e. The molecule has 9 nitrogen and oxygen atoms in total. The van der Waals surface area contributed by atoms with Crippen LogP contribution in [0.4, 0.5) is 5.69 Å². The molecule has 0 heterocycles. The number of rotatable bonds is 14. The maximum absolute atomic E-state index is 14.0. The summed E-state index contributed by atoms with van der Waals surface area (Å²) >= 11 is 0. The second-order valence-electron chi connectivity index (χ2n) is 8.83. The number of esters is 1. The molecule has 0 saturated heterocycles. The Kier molecular flexibility index (Phi) is 10.1. The Morgan fingerprint density at radius 1 is 0.973 bits per heavy atom. The normalized spacial score (nSPS) is 13.6. The smallest absolute Gasteiger partial charge is 0.464 e. The molecule has 0 bridgehead atoms. The molecule has 0 aromatic heterocycles. The largest absolute Gasteiger partial charge is 0.513 e. The van der Waals surface area contributed by atoms with Gasteiger partial charge in [0.05, 0.1) is 11.5 Å². The highest BCUT2D eigenvalue weighted by Gasteiger charge is 2.34. The van der Waals surface area contributed by atoms with Crippen LogP contribution in [-0.2, 0) is 14.1 Å². The number of non-ortho nitro benzene ring substituents is 1. The topological polar surface area (TPSA) is 117 Å². The van der Waals surface area contributed by atoms with Crippen molar-refractivity contribution in [2.75, 3.05) is 6.61 Å². The zero-order valence-electron chi connectivity index (χ0n) is 21.3. The number of hydrogen-bond acceptors (Lipinski definition) is 7. The van der Waals surface area contributed by atoms with Crippen molar-refractivity contribution in [2.24, 2.45) is 5.92 Å². The van der Waals surface area contributed by atoms with Gasteiger partial charge in [0.1, 0.15) is 17.5 Å². The minimum atomic E-state index is -4.21. The molecule has 3 rings (SSSR count). The van der Waals surface area contributed by atoms with Crippen LogP contribution in [-0.4, -0.2) is 23.5 Å². The van der Waals surface area contributed by atoms with Crippen molar-refractivity contribution in [2.45, 2.75) is 52.5 Å². The lowest BCUT2D eigenvalue weighted by Crippen LogP contribution is -2.36. The summed E-state index contributed by atoms with van der Waals surface area (Å²) in [4.78, 5) is 23.2. The molecule has 198 valence electrons. The van der Waals surface area contributed by atoms with Crippen molar-refractivity contribution < 1.29 is 28.1 Å². The molecule has 37 heavy (non-hydrogen) atoms. The lowest BCUT2D eigenvalue weighted by Gasteiger charge is -2.24. The second kappa shape index (κ2) is 13.2. The van der Waals surface area contributed by atoms with Crippen molar-refractivity contribution in [1.29, 1.82) is 0 Å². The molecule has 10 heteroatoms. The van der Waals surface area contributed by atoms with E-state index in [0.29, 0.717) is 11.1 Å². The van der Waals surface area contributed by atoms with E-state index in [1.165, 1.54) is 31.2 Å². The fourth-order valence-corrected chi connectivity index (χ4v) is 5.53. The molecule has 0 aliphatic carbocycles. The summed E-state index contributed by atoms with van der Waals surface area (Å²) in [6.45, 7) is 5.98. The van der Waals surface area contributed by atoms with E-state index in [0.717, 1.165) is 31.1 Å². The van der Waals surface area contributed by atoms with Crippen molar-refractivity contribution in [3.05, 3.63) is 76.8 Å². The number of benzene rings is 3. The standard InChI is InChI=1S/C27H33N2O7P/c1-4-9-21(10-5-2)19-34-27(30)20(3)28-37(33,35-24-17-15-23(16-18-24)29(31)32)36-26-14-8-12-22-11-6-7-13-25(22)26/h6-8,11-18,20-21H,4-5,9-10,19H2,1-3H3,(H,28,33)/t20-,37?/m0/s1. The van der Waals surface area contributed by atoms with Crippen LogP contribution < -0.4 is 14.1 Å². The molecule has 0 aliphatic rings. The summed E-state index contributed by atoms with van der Waals surface area (Å²) < 4.78 is 31.1. The quantitative estimate of drug-likeness (QED) is 0.102. The zero-order chi connectivity index (χ0) is 26.8. The fraction of sp³-hybridized carbons (Fsp3) is 0.370. The van der Waals surface area contributed by atoms with E-state index in [2.05, 4.69) is 18.9 Å². The number of nitrogens with one attached hydrogen (secondary N) is 1. The number of hydrogen-bond donors (Lipinski definition) is 1. The number of fused-ring (bicyclic) bond motifs is 1. The molecule has 0 aliphatic heterocycles. The average Bonchev–Trinajstić information content (AvgIpc) is 2.87. The summed E-state index contributed by atoms with van der Waals surface area (Å²) in [7, 11) is -4.21. The third-order valence-electron chi connectivity index (χ3n) is 5.80. The van der Waals surface area contributed by atoms with Crippen molar-refractivity contribution in [1.82, 2.24) is 5.09 Å². The van der Waals surface area contributed by atoms with Crippen molar-refractivity contribution in [3.8, 4) is 11.5 Å². The zero-order valence-corrected chi connectivity index (χ0v) is 22.2. The molecule has 3 aromatic rings. The molecular weight excluding hydrogens is 495 g/mol. The Balaban J connectivity index is 1.83. The monoisotopic (exact) mass is 528 g/mol. The van der Waals surface area contributed by atoms with Crippen LogP contribution in [0.15, 0.2) is 66.7 Å². The average molecular weight is 529 g/mol. The van der Waals surface area contributed by atoms with Gasteiger partial charge >= 0.3 is 13.7 Å². The summed E-state index contributed by atoms with van der Waals surface area (Å²) in [5.74, 6) is 0.0584. The molecular formula is C27H33N2O7P. The Hall–Kier alpha value is -3.42. The van der Waals surface area contributed by atoms with Gasteiger partial charge in [0.2, 0.25) is 0 Å². The molecule has 1 N–H and O–H groups in total. The number of nitro groups is 1. The lowest BCUT2D eigenvalue weighted by molar-refractivity contribution is -0.384. The predicted molar refractivity (Wildman–Crippen MR) is 143 cm³/mol.